The average molecular weight is 418 g/mol. The van der Waals surface area contributed by atoms with Crippen LogP contribution in [-0.2, 0) is 14.3 Å². The molecule has 1 aromatic carbocycles. The quantitative estimate of drug-likeness (QED) is 0.425. The lowest BCUT2D eigenvalue weighted by molar-refractivity contribution is -0.140. The Balaban J connectivity index is 1.82. The molecule has 144 valence electrons. The summed E-state index contributed by atoms with van der Waals surface area (Å²) in [5.74, 6) is -2.08. The molecule has 1 amide bonds. The molecule has 9 nitrogen and oxygen atoms in total. The number of thioether (sulfide) groups is 1. The molecule has 1 N–H and O–H groups in total. The van der Waals surface area contributed by atoms with Crippen LogP contribution in [0.3, 0.4) is 0 Å². The number of carbonyl (C=O) groups excluding carboxylic acids is 2. The minimum Gasteiger partial charge on any atom is -0.480 e. The number of thiocarbonyl (C=S) groups is 1. The van der Waals surface area contributed by atoms with Crippen molar-refractivity contribution in [3.63, 3.8) is 0 Å². The lowest BCUT2D eigenvalue weighted by Crippen LogP contribution is -2.33. The van der Waals surface area contributed by atoms with Crippen molar-refractivity contribution in [1.82, 2.24) is 19.9 Å². The van der Waals surface area contributed by atoms with Crippen molar-refractivity contribution >= 4 is 52.2 Å². The Bertz CT molecular complexity index is 1000. The number of hydrogen-bond donors (Lipinski definition) is 1. The third kappa shape index (κ3) is 4.26. The molecule has 28 heavy (non-hydrogen) atoms. The fourth-order valence-electron chi connectivity index (χ4n) is 2.36. The maximum absolute atomic E-state index is 12.3. The number of esters is 1. The van der Waals surface area contributed by atoms with Crippen LogP contribution in [-0.4, -0.2) is 60.3 Å². The number of ether oxygens (including phenoxy) is 1. The summed E-state index contributed by atoms with van der Waals surface area (Å²) < 4.78 is 6.60. The Morgan fingerprint density at radius 1 is 1.39 bits per heavy atom. The third-order valence-electron chi connectivity index (χ3n) is 3.58. The highest BCUT2D eigenvalue weighted by Gasteiger charge is 2.33. The molecule has 3 rings (SSSR count). The van der Waals surface area contributed by atoms with Crippen molar-refractivity contribution in [2.45, 2.75) is 6.92 Å². The maximum Gasteiger partial charge on any atom is 0.338 e. The molecule has 11 heteroatoms. The smallest absolute Gasteiger partial charge is 0.338 e. The average Bonchev–Trinajstić information content (AvgIpc) is 3.22. The summed E-state index contributed by atoms with van der Waals surface area (Å²) in [5.41, 5.74) is 1.36. The zero-order chi connectivity index (χ0) is 20.3. The summed E-state index contributed by atoms with van der Waals surface area (Å²) in [7, 11) is 0. The van der Waals surface area contributed by atoms with Crippen LogP contribution in [0.5, 0.6) is 0 Å². The van der Waals surface area contributed by atoms with E-state index in [1.165, 1.54) is 10.8 Å². The first-order valence-corrected chi connectivity index (χ1v) is 9.28. The third-order valence-corrected chi connectivity index (χ3v) is 4.96. The van der Waals surface area contributed by atoms with Crippen molar-refractivity contribution in [1.29, 1.82) is 0 Å². The summed E-state index contributed by atoms with van der Waals surface area (Å²) in [6.07, 6.45) is 3.06. The molecule has 1 saturated heterocycles. The van der Waals surface area contributed by atoms with Crippen molar-refractivity contribution in [3.05, 3.63) is 46.6 Å². The van der Waals surface area contributed by atoms with Crippen molar-refractivity contribution in [2.24, 2.45) is 0 Å². The van der Waals surface area contributed by atoms with E-state index in [2.05, 4.69) is 10.3 Å². The van der Waals surface area contributed by atoms with Crippen LogP contribution in [0.1, 0.15) is 23.0 Å². The van der Waals surface area contributed by atoms with E-state index in [1.54, 1.807) is 37.4 Å². The zero-order valence-electron chi connectivity index (χ0n) is 14.6. The van der Waals surface area contributed by atoms with E-state index in [1.807, 2.05) is 0 Å². The number of carboxylic acid groups (broad SMARTS) is 1. The number of hydrogen-bond acceptors (Lipinski definition) is 8. The van der Waals surface area contributed by atoms with Gasteiger partial charge in [0.1, 0.15) is 16.6 Å². The van der Waals surface area contributed by atoms with Gasteiger partial charge in [0.25, 0.3) is 5.91 Å². The van der Waals surface area contributed by atoms with Gasteiger partial charge >= 0.3 is 11.9 Å². The lowest BCUT2D eigenvalue weighted by Gasteiger charge is -2.09. The van der Waals surface area contributed by atoms with Gasteiger partial charge in [-0.2, -0.15) is 0 Å². The van der Waals surface area contributed by atoms with Crippen LogP contribution >= 0.6 is 24.0 Å². The maximum atomic E-state index is 12.3. The number of aliphatic carboxylic acids is 1. The van der Waals surface area contributed by atoms with Gasteiger partial charge in [0, 0.05) is 0 Å². The highest BCUT2D eigenvalue weighted by atomic mass is 32.2. The van der Waals surface area contributed by atoms with Gasteiger partial charge in [0.2, 0.25) is 0 Å². The molecule has 1 aromatic heterocycles. The normalized spacial score (nSPS) is 15.3. The Morgan fingerprint density at radius 3 is 2.89 bits per heavy atom. The van der Waals surface area contributed by atoms with E-state index in [0.29, 0.717) is 16.9 Å². The molecule has 0 saturated carbocycles. The van der Waals surface area contributed by atoms with Crippen molar-refractivity contribution in [2.75, 3.05) is 13.2 Å². The topological polar surface area (TPSA) is 115 Å². The number of benzene rings is 1. The summed E-state index contributed by atoms with van der Waals surface area (Å²) in [6.45, 7) is 1.51. The van der Waals surface area contributed by atoms with Gasteiger partial charge in [0.05, 0.1) is 29.0 Å². The van der Waals surface area contributed by atoms with E-state index in [4.69, 9.17) is 22.1 Å². The molecular formula is C17H14N4O5S2. The van der Waals surface area contributed by atoms with Crippen molar-refractivity contribution < 1.29 is 24.2 Å². The predicted molar refractivity (Wildman–Crippen MR) is 105 cm³/mol. The first kappa shape index (κ1) is 19.7. The molecule has 0 bridgehead atoms. The molecule has 0 spiro atoms. The summed E-state index contributed by atoms with van der Waals surface area (Å²) in [6, 6.07) is 6.68. The number of carboxylic acids is 1. The molecular weight excluding hydrogens is 404 g/mol. The summed E-state index contributed by atoms with van der Waals surface area (Å²) in [5, 5.41) is 16.9. The van der Waals surface area contributed by atoms with Crippen LogP contribution in [0.2, 0.25) is 0 Å². The number of aromatic nitrogens is 3. The van der Waals surface area contributed by atoms with Crippen LogP contribution in [0.15, 0.2) is 35.4 Å². The van der Waals surface area contributed by atoms with E-state index in [-0.39, 0.29) is 15.8 Å². The fourth-order valence-corrected chi connectivity index (χ4v) is 3.60. The summed E-state index contributed by atoms with van der Waals surface area (Å²) in [4.78, 5) is 36.3. The summed E-state index contributed by atoms with van der Waals surface area (Å²) >= 11 is 6.05. The van der Waals surface area contributed by atoms with Gasteiger partial charge in [-0.3, -0.25) is 14.5 Å². The van der Waals surface area contributed by atoms with Gasteiger partial charge in [-0.1, -0.05) is 35.3 Å². The second-order valence-electron chi connectivity index (χ2n) is 5.52. The number of carbonyl (C=O) groups is 3. The Morgan fingerprint density at radius 2 is 2.18 bits per heavy atom. The van der Waals surface area contributed by atoms with Gasteiger partial charge < -0.3 is 9.84 Å². The molecule has 1 aliphatic heterocycles. The molecule has 2 aromatic rings. The number of nitrogens with zero attached hydrogens (tertiary/aromatic N) is 4. The molecule has 2 heterocycles. The minimum absolute atomic E-state index is 0.174. The number of amides is 1. The first-order valence-electron chi connectivity index (χ1n) is 8.06. The highest BCUT2D eigenvalue weighted by Crippen LogP contribution is 2.32. The second kappa shape index (κ2) is 8.31. The van der Waals surface area contributed by atoms with Crippen LogP contribution in [0, 0.1) is 0 Å². The van der Waals surface area contributed by atoms with Gasteiger partial charge in [-0.25, -0.2) is 9.48 Å². The fraction of sp³-hybridized carbons (Fsp3) is 0.176. The molecule has 1 aliphatic rings. The number of rotatable bonds is 6. The highest BCUT2D eigenvalue weighted by molar-refractivity contribution is 8.26. The van der Waals surface area contributed by atoms with Crippen molar-refractivity contribution in [3.8, 4) is 5.69 Å². The lowest BCUT2D eigenvalue weighted by atomic mass is 10.2. The minimum atomic E-state index is -1.15. The van der Waals surface area contributed by atoms with Crippen LogP contribution in [0.4, 0.5) is 0 Å². The Labute approximate surface area is 169 Å². The van der Waals surface area contributed by atoms with E-state index in [0.717, 1.165) is 16.7 Å². The van der Waals surface area contributed by atoms with Crippen LogP contribution < -0.4 is 0 Å². The van der Waals surface area contributed by atoms with Crippen LogP contribution in [0.25, 0.3) is 11.8 Å². The Hall–Kier alpha value is -3.05. The van der Waals surface area contributed by atoms with Gasteiger partial charge in [-0.15, -0.1) is 5.10 Å². The van der Waals surface area contributed by atoms with Gasteiger partial charge in [0.15, 0.2) is 0 Å². The second-order valence-corrected chi connectivity index (χ2v) is 7.20. The SMILES string of the molecule is CCOC(=O)c1cccc(-n2cc(/C=C3\SC(=S)N(CC(=O)O)C3=O)nn2)c1. The molecule has 0 radical (unpaired) electrons. The predicted octanol–water partition coefficient (Wildman–Crippen LogP) is 1.73. The first-order chi connectivity index (χ1) is 13.4. The molecule has 1 fully saturated rings. The van der Waals surface area contributed by atoms with Gasteiger partial charge in [-0.05, 0) is 31.2 Å². The van der Waals surface area contributed by atoms with E-state index in [9.17, 15) is 14.4 Å². The van der Waals surface area contributed by atoms with E-state index < -0.39 is 24.4 Å². The van der Waals surface area contributed by atoms with E-state index >= 15 is 0 Å². The monoisotopic (exact) mass is 418 g/mol. The molecule has 0 aliphatic carbocycles. The zero-order valence-corrected chi connectivity index (χ0v) is 16.2. The Kier molecular flexibility index (Phi) is 5.85. The standard InChI is InChI=1S/C17H14N4O5S2/c1-2-26-16(25)10-4-3-5-12(6-10)21-8-11(18-19-21)7-13-15(24)20(9-14(22)23)17(27)28-13/h3-8H,2,9H2,1H3,(H,22,23)/b13-7-. The largest absolute Gasteiger partial charge is 0.480 e. The molecule has 0 unspecified atom stereocenters. The molecule has 0 atom stereocenters.